The van der Waals surface area contributed by atoms with Crippen LogP contribution >= 0.6 is 0 Å². The van der Waals surface area contributed by atoms with Crippen molar-refractivity contribution < 1.29 is 14.8 Å². The molecule has 1 fully saturated rings. The minimum atomic E-state index is -0.439. The standard InChI is InChI=1S/C13H18N4O4/c18-8-7-15-3-5-16(6-4-15)12-2-1-11(14-10-19)9-13(12)17(20)21/h1-2,9-10,18H,3-8H2,(H,14,19). The van der Waals surface area contributed by atoms with Gasteiger partial charge in [-0.1, -0.05) is 0 Å². The molecule has 0 aromatic heterocycles. The van der Waals surface area contributed by atoms with Crippen molar-refractivity contribution in [2.75, 3.05) is 49.5 Å². The minimum absolute atomic E-state index is 0.0162. The molecule has 1 aromatic carbocycles. The fourth-order valence-corrected chi connectivity index (χ4v) is 2.45. The molecular formula is C13H18N4O4. The van der Waals surface area contributed by atoms with E-state index in [0.717, 1.165) is 13.1 Å². The summed E-state index contributed by atoms with van der Waals surface area (Å²) in [5.74, 6) is 0. The van der Waals surface area contributed by atoms with Crippen LogP contribution in [0.4, 0.5) is 17.1 Å². The lowest BCUT2D eigenvalue weighted by Gasteiger charge is -2.35. The first-order valence-electron chi connectivity index (χ1n) is 6.72. The van der Waals surface area contributed by atoms with Crippen LogP contribution in [0, 0.1) is 10.1 Å². The van der Waals surface area contributed by atoms with Gasteiger partial charge in [-0.2, -0.15) is 0 Å². The van der Waals surface area contributed by atoms with Crippen molar-refractivity contribution in [3.63, 3.8) is 0 Å². The third kappa shape index (κ3) is 3.67. The summed E-state index contributed by atoms with van der Waals surface area (Å²) in [6, 6.07) is 4.67. The van der Waals surface area contributed by atoms with Crippen LogP contribution in [0.3, 0.4) is 0 Å². The first-order valence-corrected chi connectivity index (χ1v) is 6.72. The Kier molecular flexibility index (Phi) is 5.07. The summed E-state index contributed by atoms with van der Waals surface area (Å²) in [6.45, 7) is 3.59. The summed E-state index contributed by atoms with van der Waals surface area (Å²) in [5, 5.41) is 22.5. The second kappa shape index (κ2) is 7.00. The van der Waals surface area contributed by atoms with Crippen molar-refractivity contribution in [1.29, 1.82) is 0 Å². The smallest absolute Gasteiger partial charge is 0.294 e. The third-order valence-corrected chi connectivity index (χ3v) is 3.53. The maximum Gasteiger partial charge on any atom is 0.294 e. The summed E-state index contributed by atoms with van der Waals surface area (Å²) in [6.07, 6.45) is 0.492. The van der Waals surface area contributed by atoms with Crippen LogP contribution in [-0.2, 0) is 4.79 Å². The van der Waals surface area contributed by atoms with Crippen LogP contribution in [0.15, 0.2) is 18.2 Å². The van der Waals surface area contributed by atoms with Gasteiger partial charge < -0.3 is 15.3 Å². The number of piperazine rings is 1. The molecule has 8 heteroatoms. The Morgan fingerprint density at radius 1 is 1.33 bits per heavy atom. The van der Waals surface area contributed by atoms with Gasteiger partial charge >= 0.3 is 0 Å². The van der Waals surface area contributed by atoms with Gasteiger partial charge in [-0.25, -0.2) is 0 Å². The molecule has 0 spiro atoms. The van der Waals surface area contributed by atoms with Crippen molar-refractivity contribution in [2.24, 2.45) is 0 Å². The molecule has 0 atom stereocenters. The highest BCUT2D eigenvalue weighted by Crippen LogP contribution is 2.31. The van der Waals surface area contributed by atoms with Gasteiger partial charge in [-0.05, 0) is 12.1 Å². The number of amides is 1. The Labute approximate surface area is 122 Å². The first kappa shape index (κ1) is 15.2. The number of hydrogen-bond acceptors (Lipinski definition) is 6. The summed E-state index contributed by atoms with van der Waals surface area (Å²) in [4.78, 5) is 25.3. The van der Waals surface area contributed by atoms with Gasteiger partial charge in [0.05, 0.1) is 11.5 Å². The minimum Gasteiger partial charge on any atom is -0.395 e. The van der Waals surface area contributed by atoms with Gasteiger partial charge in [0.1, 0.15) is 5.69 Å². The van der Waals surface area contributed by atoms with E-state index in [0.29, 0.717) is 37.4 Å². The van der Waals surface area contributed by atoms with Crippen LogP contribution < -0.4 is 10.2 Å². The van der Waals surface area contributed by atoms with Gasteiger partial charge in [-0.15, -0.1) is 0 Å². The number of nitro benzene ring substituents is 1. The number of nitrogens with zero attached hydrogens (tertiary/aromatic N) is 3. The average molecular weight is 294 g/mol. The molecule has 0 bridgehead atoms. The fraction of sp³-hybridized carbons (Fsp3) is 0.462. The van der Waals surface area contributed by atoms with Gasteiger partial charge in [0.25, 0.3) is 5.69 Å². The molecule has 2 N–H and O–H groups in total. The Morgan fingerprint density at radius 2 is 2.05 bits per heavy atom. The molecule has 1 aromatic rings. The average Bonchev–Trinajstić information content (AvgIpc) is 2.49. The summed E-state index contributed by atoms with van der Waals surface area (Å²) in [5.41, 5.74) is 0.942. The summed E-state index contributed by atoms with van der Waals surface area (Å²) < 4.78 is 0. The molecule has 1 heterocycles. The number of aliphatic hydroxyl groups is 1. The number of carbonyl (C=O) groups excluding carboxylic acids is 1. The second-order valence-electron chi connectivity index (χ2n) is 4.78. The molecule has 0 saturated carbocycles. The van der Waals surface area contributed by atoms with E-state index in [1.807, 2.05) is 4.90 Å². The Hall–Kier alpha value is -2.19. The molecule has 2 rings (SSSR count). The monoisotopic (exact) mass is 294 g/mol. The molecule has 1 aliphatic heterocycles. The van der Waals surface area contributed by atoms with E-state index in [9.17, 15) is 14.9 Å². The Morgan fingerprint density at radius 3 is 2.62 bits per heavy atom. The fourth-order valence-electron chi connectivity index (χ4n) is 2.45. The molecule has 21 heavy (non-hydrogen) atoms. The Bertz CT molecular complexity index is 515. The zero-order valence-electron chi connectivity index (χ0n) is 11.6. The van der Waals surface area contributed by atoms with Crippen LogP contribution in [0.5, 0.6) is 0 Å². The van der Waals surface area contributed by atoms with E-state index in [2.05, 4.69) is 10.2 Å². The van der Waals surface area contributed by atoms with Gasteiger partial charge in [0, 0.05) is 44.5 Å². The van der Waals surface area contributed by atoms with E-state index in [1.165, 1.54) is 6.07 Å². The van der Waals surface area contributed by atoms with Gasteiger partial charge in [0.2, 0.25) is 6.41 Å². The molecule has 8 nitrogen and oxygen atoms in total. The molecular weight excluding hydrogens is 276 g/mol. The lowest BCUT2D eigenvalue weighted by molar-refractivity contribution is -0.384. The summed E-state index contributed by atoms with van der Waals surface area (Å²) in [7, 11) is 0. The highest BCUT2D eigenvalue weighted by Gasteiger charge is 2.23. The van der Waals surface area contributed by atoms with E-state index < -0.39 is 4.92 Å². The van der Waals surface area contributed by atoms with E-state index in [-0.39, 0.29) is 12.3 Å². The van der Waals surface area contributed by atoms with E-state index >= 15 is 0 Å². The quantitative estimate of drug-likeness (QED) is 0.444. The zero-order valence-corrected chi connectivity index (χ0v) is 11.6. The van der Waals surface area contributed by atoms with Crippen LogP contribution in [0.1, 0.15) is 0 Å². The number of nitro groups is 1. The molecule has 1 aliphatic rings. The predicted octanol–water partition coefficient (Wildman–Crippen LogP) is 0.277. The van der Waals surface area contributed by atoms with Crippen LogP contribution in [-0.4, -0.2) is 60.7 Å². The van der Waals surface area contributed by atoms with Crippen molar-refractivity contribution in [2.45, 2.75) is 0 Å². The third-order valence-electron chi connectivity index (χ3n) is 3.53. The number of hydrogen-bond donors (Lipinski definition) is 2. The number of benzene rings is 1. The van der Waals surface area contributed by atoms with Crippen molar-refractivity contribution >= 4 is 23.5 Å². The number of β-amino-alcohol motifs (C(OH)–C–C–N with tert-alkyl or cyclic N) is 1. The highest BCUT2D eigenvalue weighted by atomic mass is 16.6. The molecule has 0 unspecified atom stereocenters. The Balaban J connectivity index is 2.16. The van der Waals surface area contributed by atoms with E-state index in [4.69, 9.17) is 5.11 Å². The predicted molar refractivity (Wildman–Crippen MR) is 78.5 cm³/mol. The van der Waals surface area contributed by atoms with Crippen molar-refractivity contribution in [1.82, 2.24) is 4.90 Å². The maximum atomic E-state index is 11.2. The van der Waals surface area contributed by atoms with Crippen LogP contribution in [0.25, 0.3) is 0 Å². The van der Waals surface area contributed by atoms with Gasteiger partial charge in [-0.3, -0.25) is 19.8 Å². The molecule has 1 saturated heterocycles. The first-order chi connectivity index (χ1) is 10.2. The highest BCUT2D eigenvalue weighted by molar-refractivity contribution is 5.76. The summed E-state index contributed by atoms with van der Waals surface area (Å²) >= 11 is 0. The molecule has 0 aliphatic carbocycles. The van der Waals surface area contributed by atoms with E-state index in [1.54, 1.807) is 12.1 Å². The lowest BCUT2D eigenvalue weighted by Crippen LogP contribution is -2.47. The zero-order chi connectivity index (χ0) is 15.2. The lowest BCUT2D eigenvalue weighted by atomic mass is 10.2. The SMILES string of the molecule is O=CNc1ccc(N2CCN(CCO)CC2)c([N+](=O)[O-])c1. The normalized spacial score (nSPS) is 15.8. The number of carbonyl (C=O) groups is 1. The topological polar surface area (TPSA) is 99.0 Å². The van der Waals surface area contributed by atoms with Gasteiger partial charge in [0.15, 0.2) is 0 Å². The second-order valence-corrected chi connectivity index (χ2v) is 4.78. The maximum absolute atomic E-state index is 11.2. The number of rotatable bonds is 6. The molecule has 1 amide bonds. The number of anilines is 2. The van der Waals surface area contributed by atoms with Crippen molar-refractivity contribution in [3.8, 4) is 0 Å². The largest absolute Gasteiger partial charge is 0.395 e. The molecule has 0 radical (unpaired) electrons. The van der Waals surface area contributed by atoms with Crippen LogP contribution in [0.2, 0.25) is 0 Å². The van der Waals surface area contributed by atoms with Crippen molar-refractivity contribution in [3.05, 3.63) is 28.3 Å². The number of nitrogens with one attached hydrogen (secondary N) is 1. The molecule has 114 valence electrons. The number of aliphatic hydroxyl groups excluding tert-OH is 1.